The number of hydrogen-bond acceptors (Lipinski definition) is 2. The maximum absolute atomic E-state index is 13.6. The van der Waals surface area contributed by atoms with E-state index in [4.69, 9.17) is 10.7 Å². The van der Waals surface area contributed by atoms with E-state index in [9.17, 15) is 4.39 Å². The first-order valence-corrected chi connectivity index (χ1v) is 7.17. The zero-order valence-corrected chi connectivity index (χ0v) is 11.8. The number of aryl methyl sites for hydroxylation is 1. The molecule has 1 aliphatic carbocycles. The van der Waals surface area contributed by atoms with Crippen LogP contribution in [-0.4, -0.2) is 9.55 Å². The van der Waals surface area contributed by atoms with Crippen LogP contribution in [0.5, 0.6) is 0 Å². The molecule has 0 radical (unpaired) electrons. The Balaban J connectivity index is 1.99. The lowest BCUT2D eigenvalue weighted by atomic mass is 10.1. The molecular weight excluding hydrogens is 265 g/mol. The number of nitrogen functional groups attached to an aromatic ring is 1. The topological polar surface area (TPSA) is 43.8 Å². The van der Waals surface area contributed by atoms with E-state index in [1.165, 1.54) is 6.07 Å². The molecule has 0 amide bonds. The number of imidazole rings is 1. The molecule has 0 aliphatic heterocycles. The molecule has 2 aromatic carbocycles. The number of halogens is 1. The van der Waals surface area contributed by atoms with Gasteiger partial charge >= 0.3 is 0 Å². The summed E-state index contributed by atoms with van der Waals surface area (Å²) < 4.78 is 15.7. The average molecular weight is 281 g/mol. The van der Waals surface area contributed by atoms with Gasteiger partial charge in [-0.25, -0.2) is 9.37 Å². The number of nitrogens with zero attached hydrogens (tertiary/aromatic N) is 2. The van der Waals surface area contributed by atoms with E-state index in [2.05, 4.69) is 4.57 Å². The number of anilines is 1. The molecule has 0 bridgehead atoms. The van der Waals surface area contributed by atoms with Crippen LogP contribution in [-0.2, 0) is 0 Å². The molecule has 21 heavy (non-hydrogen) atoms. The van der Waals surface area contributed by atoms with Crippen LogP contribution in [0.1, 0.15) is 24.4 Å². The van der Waals surface area contributed by atoms with Crippen molar-refractivity contribution in [2.45, 2.75) is 25.8 Å². The largest absolute Gasteiger partial charge is 0.398 e. The summed E-state index contributed by atoms with van der Waals surface area (Å²) in [5.74, 6) is 0.657. The fraction of sp³-hybridized carbons (Fsp3) is 0.235. The molecule has 0 saturated heterocycles. The Morgan fingerprint density at radius 1 is 1.19 bits per heavy atom. The Morgan fingerprint density at radius 2 is 2.00 bits per heavy atom. The van der Waals surface area contributed by atoms with E-state index < -0.39 is 0 Å². The Hall–Kier alpha value is -2.36. The Labute approximate surface area is 122 Å². The third-order valence-corrected chi connectivity index (χ3v) is 4.10. The van der Waals surface area contributed by atoms with Crippen molar-refractivity contribution < 1.29 is 4.39 Å². The van der Waals surface area contributed by atoms with Crippen molar-refractivity contribution in [2.24, 2.45) is 0 Å². The van der Waals surface area contributed by atoms with Gasteiger partial charge in [-0.05, 0) is 49.6 Å². The Morgan fingerprint density at radius 3 is 2.71 bits per heavy atom. The number of benzene rings is 2. The van der Waals surface area contributed by atoms with Gasteiger partial charge in [0.1, 0.15) is 11.6 Å². The van der Waals surface area contributed by atoms with E-state index in [-0.39, 0.29) is 5.82 Å². The predicted octanol–water partition coefficient (Wildman–Crippen LogP) is 4.07. The normalized spacial score (nSPS) is 14.8. The first-order chi connectivity index (χ1) is 10.1. The highest BCUT2D eigenvalue weighted by molar-refractivity contribution is 5.81. The molecule has 106 valence electrons. The van der Waals surface area contributed by atoms with Gasteiger partial charge in [-0.2, -0.15) is 0 Å². The molecule has 2 N–H and O–H groups in total. The fourth-order valence-electron chi connectivity index (χ4n) is 2.75. The lowest BCUT2D eigenvalue weighted by Crippen LogP contribution is -1.99. The second-order valence-electron chi connectivity index (χ2n) is 5.74. The summed E-state index contributed by atoms with van der Waals surface area (Å²) in [6.45, 7) is 1.98. The fourth-order valence-corrected chi connectivity index (χ4v) is 2.75. The third kappa shape index (κ3) is 1.98. The molecule has 4 rings (SSSR count). The zero-order valence-electron chi connectivity index (χ0n) is 11.8. The SMILES string of the molecule is Cc1ccc(-c2nc3ccc(F)cc3n2C2CC2)cc1N. The molecule has 0 atom stereocenters. The minimum Gasteiger partial charge on any atom is -0.398 e. The molecular formula is C17H16FN3. The van der Waals surface area contributed by atoms with Crippen molar-refractivity contribution >= 4 is 16.7 Å². The Kier molecular flexibility index (Phi) is 2.55. The van der Waals surface area contributed by atoms with Gasteiger partial charge in [0.05, 0.1) is 11.0 Å². The van der Waals surface area contributed by atoms with Crippen LogP contribution >= 0.6 is 0 Å². The van der Waals surface area contributed by atoms with Gasteiger partial charge in [0.25, 0.3) is 0 Å². The van der Waals surface area contributed by atoms with Gasteiger partial charge < -0.3 is 10.3 Å². The molecule has 1 aromatic heterocycles. The molecule has 1 aliphatic rings. The van der Waals surface area contributed by atoms with Crippen molar-refractivity contribution in [1.29, 1.82) is 0 Å². The molecule has 0 unspecified atom stereocenters. The van der Waals surface area contributed by atoms with Crippen molar-refractivity contribution in [3.63, 3.8) is 0 Å². The van der Waals surface area contributed by atoms with Gasteiger partial charge in [0.15, 0.2) is 0 Å². The molecule has 1 fully saturated rings. The van der Waals surface area contributed by atoms with E-state index in [1.807, 2.05) is 25.1 Å². The number of rotatable bonds is 2. The van der Waals surface area contributed by atoms with Gasteiger partial charge in [-0.15, -0.1) is 0 Å². The maximum atomic E-state index is 13.6. The van der Waals surface area contributed by atoms with Crippen molar-refractivity contribution in [1.82, 2.24) is 9.55 Å². The van der Waals surface area contributed by atoms with Gasteiger partial charge in [0, 0.05) is 17.3 Å². The van der Waals surface area contributed by atoms with Gasteiger partial charge in [-0.1, -0.05) is 12.1 Å². The van der Waals surface area contributed by atoms with E-state index >= 15 is 0 Å². The highest BCUT2D eigenvalue weighted by Gasteiger charge is 2.28. The van der Waals surface area contributed by atoms with Crippen LogP contribution in [0.15, 0.2) is 36.4 Å². The van der Waals surface area contributed by atoms with Crippen LogP contribution in [0.4, 0.5) is 10.1 Å². The van der Waals surface area contributed by atoms with Crippen molar-refractivity contribution in [2.75, 3.05) is 5.73 Å². The van der Waals surface area contributed by atoms with E-state index in [0.717, 1.165) is 46.5 Å². The highest BCUT2D eigenvalue weighted by atomic mass is 19.1. The molecule has 4 heteroatoms. The molecule has 3 nitrogen and oxygen atoms in total. The molecule has 0 spiro atoms. The summed E-state index contributed by atoms with van der Waals surface area (Å²) in [5, 5.41) is 0. The van der Waals surface area contributed by atoms with E-state index in [1.54, 1.807) is 12.1 Å². The zero-order chi connectivity index (χ0) is 14.6. The van der Waals surface area contributed by atoms with Crippen molar-refractivity contribution in [3.8, 4) is 11.4 Å². The molecule has 1 heterocycles. The summed E-state index contributed by atoms with van der Waals surface area (Å²) in [7, 11) is 0. The molecule has 1 saturated carbocycles. The van der Waals surface area contributed by atoms with Crippen molar-refractivity contribution in [3.05, 3.63) is 47.8 Å². The second-order valence-corrected chi connectivity index (χ2v) is 5.74. The second kappa shape index (κ2) is 4.32. The summed E-state index contributed by atoms with van der Waals surface area (Å²) in [6.07, 6.45) is 2.24. The summed E-state index contributed by atoms with van der Waals surface area (Å²) in [6, 6.07) is 11.2. The van der Waals surface area contributed by atoms with Crippen LogP contribution < -0.4 is 5.73 Å². The molecule has 3 aromatic rings. The van der Waals surface area contributed by atoms with Crippen LogP contribution in [0, 0.1) is 12.7 Å². The first kappa shape index (κ1) is 12.4. The average Bonchev–Trinajstić information content (AvgIpc) is 3.23. The van der Waals surface area contributed by atoms with Crippen LogP contribution in [0.2, 0.25) is 0 Å². The minimum atomic E-state index is -0.223. The monoisotopic (exact) mass is 281 g/mol. The number of nitrogens with two attached hydrogens (primary N) is 1. The smallest absolute Gasteiger partial charge is 0.141 e. The van der Waals surface area contributed by atoms with Gasteiger partial charge in [0.2, 0.25) is 0 Å². The lowest BCUT2D eigenvalue weighted by Gasteiger charge is -2.09. The number of fused-ring (bicyclic) bond motifs is 1. The third-order valence-electron chi connectivity index (χ3n) is 4.10. The summed E-state index contributed by atoms with van der Waals surface area (Å²) >= 11 is 0. The first-order valence-electron chi connectivity index (χ1n) is 7.17. The Bertz CT molecular complexity index is 847. The number of hydrogen-bond donors (Lipinski definition) is 1. The maximum Gasteiger partial charge on any atom is 0.141 e. The standard InChI is InChI=1S/C17H16FN3/c1-10-2-3-11(8-14(10)19)17-20-15-7-4-12(18)9-16(15)21(17)13-5-6-13/h2-4,7-9,13H,5-6,19H2,1H3. The van der Waals surface area contributed by atoms with Crippen LogP contribution in [0.25, 0.3) is 22.4 Å². The quantitative estimate of drug-likeness (QED) is 0.720. The lowest BCUT2D eigenvalue weighted by molar-refractivity contribution is 0.628. The predicted molar refractivity (Wildman–Crippen MR) is 82.5 cm³/mol. The van der Waals surface area contributed by atoms with Crippen LogP contribution in [0.3, 0.4) is 0 Å². The minimum absolute atomic E-state index is 0.223. The number of aromatic nitrogens is 2. The highest BCUT2D eigenvalue weighted by Crippen LogP contribution is 2.41. The van der Waals surface area contributed by atoms with E-state index in [0.29, 0.717) is 6.04 Å². The van der Waals surface area contributed by atoms with Gasteiger partial charge in [-0.3, -0.25) is 0 Å². The summed E-state index contributed by atoms with van der Waals surface area (Å²) in [5.41, 5.74) is 10.5. The summed E-state index contributed by atoms with van der Waals surface area (Å²) in [4.78, 5) is 4.70.